The van der Waals surface area contributed by atoms with E-state index in [1.165, 1.54) is 6.07 Å². The molecule has 0 amide bonds. The van der Waals surface area contributed by atoms with Gasteiger partial charge in [0, 0.05) is 12.5 Å². The zero-order valence-electron chi connectivity index (χ0n) is 13.5. The number of benzene rings is 1. The Hall–Kier alpha value is -3.49. The molecule has 9 nitrogen and oxygen atoms in total. The number of nitrogens with zero attached hydrogens (tertiary/aromatic N) is 4. The zero-order chi connectivity index (χ0) is 17.8. The molecule has 0 aliphatic rings. The molecule has 2 heterocycles. The maximum Gasteiger partial charge on any atom is 0.406 e. The van der Waals surface area contributed by atoms with Gasteiger partial charge in [-0.15, -0.1) is 0 Å². The lowest BCUT2D eigenvalue weighted by molar-refractivity contribution is -0.390. The van der Waals surface area contributed by atoms with Crippen LogP contribution >= 0.6 is 0 Å². The van der Waals surface area contributed by atoms with E-state index >= 15 is 0 Å². The quantitative estimate of drug-likeness (QED) is 0.496. The predicted molar refractivity (Wildman–Crippen MR) is 86.2 cm³/mol. The summed E-state index contributed by atoms with van der Waals surface area (Å²) in [4.78, 5) is 18.5. The fourth-order valence-corrected chi connectivity index (χ4v) is 2.11. The maximum atomic E-state index is 11.0. The minimum Gasteiger partial charge on any atom is -0.497 e. The van der Waals surface area contributed by atoms with E-state index in [9.17, 15) is 10.1 Å². The summed E-state index contributed by atoms with van der Waals surface area (Å²) >= 11 is 0. The van der Waals surface area contributed by atoms with Crippen LogP contribution < -0.4 is 9.47 Å². The van der Waals surface area contributed by atoms with Crippen molar-refractivity contribution in [3.63, 3.8) is 0 Å². The van der Waals surface area contributed by atoms with E-state index in [0.717, 1.165) is 5.56 Å². The van der Waals surface area contributed by atoms with Gasteiger partial charge in [-0.1, -0.05) is 17.3 Å². The van der Waals surface area contributed by atoms with E-state index in [1.807, 2.05) is 12.1 Å². The normalized spacial score (nSPS) is 10.5. The third-order valence-electron chi connectivity index (χ3n) is 3.30. The lowest BCUT2D eigenvalue weighted by atomic mass is 10.2. The largest absolute Gasteiger partial charge is 0.497 e. The molecule has 0 bridgehead atoms. The average Bonchev–Trinajstić information content (AvgIpc) is 3.09. The number of hydrogen-bond donors (Lipinski definition) is 0. The van der Waals surface area contributed by atoms with Gasteiger partial charge in [-0.25, -0.2) is 0 Å². The number of pyridine rings is 1. The molecule has 0 unspecified atom stereocenters. The van der Waals surface area contributed by atoms with Gasteiger partial charge >= 0.3 is 5.82 Å². The van der Waals surface area contributed by atoms with Crippen molar-refractivity contribution in [1.29, 1.82) is 0 Å². The van der Waals surface area contributed by atoms with Gasteiger partial charge < -0.3 is 24.1 Å². The molecule has 0 fully saturated rings. The summed E-state index contributed by atoms with van der Waals surface area (Å²) in [5.41, 5.74) is 1.24. The monoisotopic (exact) mass is 342 g/mol. The van der Waals surface area contributed by atoms with E-state index in [4.69, 9.17) is 14.0 Å². The number of nitro groups is 1. The Balaban J connectivity index is 1.75. The highest BCUT2D eigenvalue weighted by atomic mass is 16.6. The molecule has 3 aromatic rings. The van der Waals surface area contributed by atoms with Gasteiger partial charge in [0.1, 0.15) is 11.4 Å². The second kappa shape index (κ2) is 6.95. The Morgan fingerprint density at radius 3 is 2.84 bits per heavy atom. The van der Waals surface area contributed by atoms with Crippen molar-refractivity contribution in [1.82, 2.24) is 15.1 Å². The molecule has 0 N–H and O–H groups in total. The van der Waals surface area contributed by atoms with Crippen LogP contribution in [0.5, 0.6) is 11.5 Å². The van der Waals surface area contributed by atoms with Crippen molar-refractivity contribution in [2.75, 3.05) is 7.11 Å². The molecule has 0 atom stereocenters. The number of ether oxygens (including phenoxy) is 2. The number of aromatic nitrogens is 3. The highest BCUT2D eigenvalue weighted by Gasteiger charge is 2.19. The standard InChI is InChI=1S/C16H14N4O5/c1-10-6-7-13(16(17-10)20(21)22)24-9-14-18-15(19-25-14)11-4-3-5-12(8-11)23-2/h3-8H,9H2,1-2H3. The number of aryl methyl sites for hydroxylation is 1. The highest BCUT2D eigenvalue weighted by molar-refractivity contribution is 5.56. The van der Waals surface area contributed by atoms with Crippen LogP contribution in [0.25, 0.3) is 11.4 Å². The van der Waals surface area contributed by atoms with Crippen molar-refractivity contribution >= 4 is 5.82 Å². The fourth-order valence-electron chi connectivity index (χ4n) is 2.11. The first-order valence-corrected chi connectivity index (χ1v) is 7.28. The van der Waals surface area contributed by atoms with Gasteiger partial charge in [0.15, 0.2) is 6.61 Å². The Morgan fingerprint density at radius 2 is 2.08 bits per heavy atom. The van der Waals surface area contributed by atoms with E-state index < -0.39 is 4.92 Å². The maximum absolute atomic E-state index is 11.0. The first-order chi connectivity index (χ1) is 12.1. The Morgan fingerprint density at radius 1 is 1.24 bits per heavy atom. The first kappa shape index (κ1) is 16.4. The lowest BCUT2D eigenvalue weighted by Crippen LogP contribution is -2.02. The van der Waals surface area contributed by atoms with Crippen molar-refractivity contribution in [2.24, 2.45) is 0 Å². The van der Waals surface area contributed by atoms with E-state index in [2.05, 4.69) is 15.1 Å². The molecular formula is C16H14N4O5. The van der Waals surface area contributed by atoms with Crippen LogP contribution in [0.3, 0.4) is 0 Å². The Labute approximate surface area is 142 Å². The molecule has 0 aliphatic carbocycles. The third kappa shape index (κ3) is 3.71. The van der Waals surface area contributed by atoms with Gasteiger partial charge in [-0.05, 0) is 34.2 Å². The summed E-state index contributed by atoms with van der Waals surface area (Å²) in [7, 11) is 1.57. The minimum absolute atomic E-state index is 0.0386. The summed E-state index contributed by atoms with van der Waals surface area (Å²) in [5, 5.41) is 14.9. The predicted octanol–water partition coefficient (Wildman–Crippen LogP) is 2.94. The zero-order valence-corrected chi connectivity index (χ0v) is 13.5. The molecule has 3 rings (SSSR count). The van der Waals surface area contributed by atoms with Gasteiger partial charge in [-0.3, -0.25) is 0 Å². The summed E-state index contributed by atoms with van der Waals surface area (Å²) in [5.74, 6) is 0.910. The summed E-state index contributed by atoms with van der Waals surface area (Å²) < 4.78 is 15.7. The molecule has 9 heteroatoms. The van der Waals surface area contributed by atoms with Crippen molar-refractivity contribution < 1.29 is 18.9 Å². The van der Waals surface area contributed by atoms with Gasteiger partial charge in [0.05, 0.1) is 7.11 Å². The van der Waals surface area contributed by atoms with Gasteiger partial charge in [-0.2, -0.15) is 4.98 Å². The van der Waals surface area contributed by atoms with Crippen LogP contribution in [-0.4, -0.2) is 27.2 Å². The van der Waals surface area contributed by atoms with Gasteiger partial charge in [0.25, 0.3) is 5.89 Å². The summed E-state index contributed by atoms with van der Waals surface area (Å²) in [6.45, 7) is 1.55. The van der Waals surface area contributed by atoms with Crippen LogP contribution in [0.2, 0.25) is 0 Å². The average molecular weight is 342 g/mol. The number of methoxy groups -OCH3 is 1. The molecule has 128 valence electrons. The molecular weight excluding hydrogens is 328 g/mol. The van der Waals surface area contributed by atoms with Gasteiger partial charge in [0.2, 0.25) is 11.6 Å². The second-order valence-electron chi connectivity index (χ2n) is 5.06. The van der Waals surface area contributed by atoms with Crippen molar-refractivity contribution in [3.05, 3.63) is 58.1 Å². The number of rotatable bonds is 6. The number of hydrogen-bond acceptors (Lipinski definition) is 8. The van der Waals surface area contributed by atoms with E-state index in [-0.39, 0.29) is 24.1 Å². The molecule has 1 aromatic carbocycles. The topological polar surface area (TPSA) is 113 Å². The van der Waals surface area contributed by atoms with E-state index in [1.54, 1.807) is 32.2 Å². The SMILES string of the molecule is COc1cccc(-c2noc(COc3ccc(C)nc3[N+](=O)[O-])n2)c1. The second-order valence-corrected chi connectivity index (χ2v) is 5.06. The van der Waals surface area contributed by atoms with Crippen LogP contribution in [0, 0.1) is 17.0 Å². The fraction of sp³-hybridized carbons (Fsp3) is 0.188. The van der Waals surface area contributed by atoms with Crippen LogP contribution in [-0.2, 0) is 6.61 Å². The Kier molecular flexibility index (Phi) is 4.55. The smallest absolute Gasteiger partial charge is 0.406 e. The Bertz CT molecular complexity index is 909. The molecule has 0 saturated heterocycles. The lowest BCUT2D eigenvalue weighted by Gasteiger charge is -2.03. The minimum atomic E-state index is -0.599. The van der Waals surface area contributed by atoms with E-state index in [0.29, 0.717) is 17.3 Å². The molecule has 0 saturated carbocycles. The summed E-state index contributed by atoms with van der Waals surface area (Å²) in [6, 6.07) is 10.3. The van der Waals surface area contributed by atoms with Crippen LogP contribution in [0.1, 0.15) is 11.6 Å². The van der Waals surface area contributed by atoms with Crippen molar-refractivity contribution in [2.45, 2.75) is 13.5 Å². The summed E-state index contributed by atoms with van der Waals surface area (Å²) in [6.07, 6.45) is 0. The third-order valence-corrected chi connectivity index (χ3v) is 3.30. The first-order valence-electron chi connectivity index (χ1n) is 7.28. The highest BCUT2D eigenvalue weighted by Crippen LogP contribution is 2.26. The molecule has 0 radical (unpaired) electrons. The molecule has 0 spiro atoms. The molecule has 0 aliphatic heterocycles. The molecule has 2 aromatic heterocycles. The van der Waals surface area contributed by atoms with Crippen LogP contribution in [0.4, 0.5) is 5.82 Å². The van der Waals surface area contributed by atoms with Crippen molar-refractivity contribution in [3.8, 4) is 22.9 Å². The van der Waals surface area contributed by atoms with Crippen LogP contribution in [0.15, 0.2) is 40.9 Å². The molecule has 25 heavy (non-hydrogen) atoms.